The average molecular weight is 288 g/mol. The van der Waals surface area contributed by atoms with Crippen molar-refractivity contribution in [1.29, 1.82) is 0 Å². The highest BCUT2D eigenvalue weighted by atomic mass is 16.5. The molecule has 0 aliphatic carbocycles. The number of benzene rings is 1. The van der Waals surface area contributed by atoms with Gasteiger partial charge in [0.1, 0.15) is 0 Å². The number of hydrogen-bond acceptors (Lipinski definition) is 3. The molecule has 2 aliphatic rings. The monoisotopic (exact) mass is 288 g/mol. The highest BCUT2D eigenvalue weighted by molar-refractivity contribution is 5.82. The summed E-state index contributed by atoms with van der Waals surface area (Å²) >= 11 is 0. The van der Waals surface area contributed by atoms with Gasteiger partial charge in [-0.05, 0) is 30.9 Å². The molecule has 2 atom stereocenters. The predicted octanol–water partition coefficient (Wildman–Crippen LogP) is 1.59. The standard InChI is InChI=1S/C17H24N2O2/c1-2-21-12-13-7-8-19(11-13)17(20)16-9-14-5-3-4-6-15(14)10-18-16/h3-6,13,16,18H,2,7-12H2,1H3/t13-,16-/m1/s1. The van der Waals surface area contributed by atoms with Crippen LogP contribution in [-0.2, 0) is 22.5 Å². The highest BCUT2D eigenvalue weighted by Crippen LogP contribution is 2.21. The Hall–Kier alpha value is -1.39. The maximum atomic E-state index is 12.7. The average Bonchev–Trinajstić information content (AvgIpc) is 3.00. The number of hydrogen-bond donors (Lipinski definition) is 1. The number of carbonyl (C=O) groups excluding carboxylic acids is 1. The number of nitrogens with zero attached hydrogens (tertiary/aromatic N) is 1. The van der Waals surface area contributed by atoms with Gasteiger partial charge in [-0.15, -0.1) is 0 Å². The van der Waals surface area contributed by atoms with Crippen LogP contribution in [0.5, 0.6) is 0 Å². The molecule has 0 saturated carbocycles. The van der Waals surface area contributed by atoms with Gasteiger partial charge < -0.3 is 15.0 Å². The van der Waals surface area contributed by atoms with E-state index in [4.69, 9.17) is 4.74 Å². The Balaban J connectivity index is 1.57. The Morgan fingerprint density at radius 2 is 2.19 bits per heavy atom. The first-order chi connectivity index (χ1) is 10.3. The largest absolute Gasteiger partial charge is 0.381 e. The summed E-state index contributed by atoms with van der Waals surface area (Å²) in [5.41, 5.74) is 2.62. The molecule has 4 heteroatoms. The molecule has 0 bridgehead atoms. The Morgan fingerprint density at radius 3 is 3.00 bits per heavy atom. The fraction of sp³-hybridized carbons (Fsp3) is 0.588. The van der Waals surface area contributed by atoms with Crippen molar-refractivity contribution in [2.45, 2.75) is 32.4 Å². The number of carbonyl (C=O) groups is 1. The molecule has 1 N–H and O–H groups in total. The predicted molar refractivity (Wildman–Crippen MR) is 82.0 cm³/mol. The van der Waals surface area contributed by atoms with Gasteiger partial charge in [-0.2, -0.15) is 0 Å². The van der Waals surface area contributed by atoms with Crippen molar-refractivity contribution in [3.05, 3.63) is 35.4 Å². The van der Waals surface area contributed by atoms with Crippen molar-refractivity contribution in [3.63, 3.8) is 0 Å². The smallest absolute Gasteiger partial charge is 0.240 e. The first-order valence-electron chi connectivity index (χ1n) is 7.94. The van der Waals surface area contributed by atoms with Crippen molar-refractivity contribution in [3.8, 4) is 0 Å². The summed E-state index contributed by atoms with van der Waals surface area (Å²) in [6, 6.07) is 8.32. The van der Waals surface area contributed by atoms with Crippen LogP contribution in [0.25, 0.3) is 0 Å². The fourth-order valence-corrected chi connectivity index (χ4v) is 3.30. The number of fused-ring (bicyclic) bond motifs is 1. The lowest BCUT2D eigenvalue weighted by molar-refractivity contribution is -0.132. The molecule has 1 aromatic rings. The van der Waals surface area contributed by atoms with Crippen molar-refractivity contribution < 1.29 is 9.53 Å². The van der Waals surface area contributed by atoms with Gasteiger partial charge in [0.2, 0.25) is 5.91 Å². The quantitative estimate of drug-likeness (QED) is 0.915. The topological polar surface area (TPSA) is 41.6 Å². The zero-order chi connectivity index (χ0) is 14.7. The summed E-state index contributed by atoms with van der Waals surface area (Å²) in [5.74, 6) is 0.758. The molecular formula is C17H24N2O2. The maximum absolute atomic E-state index is 12.7. The van der Waals surface area contributed by atoms with Gasteiger partial charge in [0.05, 0.1) is 12.6 Å². The second-order valence-electron chi connectivity index (χ2n) is 6.00. The van der Waals surface area contributed by atoms with Crippen molar-refractivity contribution >= 4 is 5.91 Å². The van der Waals surface area contributed by atoms with Crippen LogP contribution in [0.2, 0.25) is 0 Å². The zero-order valence-corrected chi connectivity index (χ0v) is 12.7. The van der Waals surface area contributed by atoms with Gasteiger partial charge in [0.15, 0.2) is 0 Å². The Bertz CT molecular complexity index is 503. The molecular weight excluding hydrogens is 264 g/mol. The van der Waals surface area contributed by atoms with Gasteiger partial charge in [0.25, 0.3) is 0 Å². The van der Waals surface area contributed by atoms with Crippen molar-refractivity contribution in [2.24, 2.45) is 5.92 Å². The van der Waals surface area contributed by atoms with E-state index < -0.39 is 0 Å². The van der Waals surface area contributed by atoms with Crippen LogP contribution in [-0.4, -0.2) is 43.2 Å². The highest BCUT2D eigenvalue weighted by Gasteiger charge is 2.32. The summed E-state index contributed by atoms with van der Waals surface area (Å²) in [6.07, 6.45) is 1.87. The molecule has 1 saturated heterocycles. The minimum Gasteiger partial charge on any atom is -0.381 e. The van der Waals surface area contributed by atoms with Gasteiger partial charge in [-0.25, -0.2) is 0 Å². The third kappa shape index (κ3) is 3.27. The van der Waals surface area contributed by atoms with E-state index in [1.54, 1.807) is 0 Å². The van der Waals surface area contributed by atoms with Gasteiger partial charge in [-0.3, -0.25) is 4.79 Å². The maximum Gasteiger partial charge on any atom is 0.240 e. The van der Waals surface area contributed by atoms with Crippen LogP contribution in [0.15, 0.2) is 24.3 Å². The number of ether oxygens (including phenoxy) is 1. The molecule has 0 radical (unpaired) electrons. The van der Waals surface area contributed by atoms with Gasteiger partial charge in [0, 0.05) is 32.2 Å². The SMILES string of the molecule is CCOC[C@@H]1CCN(C(=O)[C@H]2Cc3ccccc3CN2)C1. The lowest BCUT2D eigenvalue weighted by atomic mass is 9.95. The summed E-state index contributed by atoms with van der Waals surface area (Å²) < 4.78 is 5.48. The van der Waals surface area contributed by atoms with Crippen LogP contribution in [0.3, 0.4) is 0 Å². The van der Waals surface area contributed by atoms with E-state index in [0.717, 1.165) is 45.7 Å². The molecule has 1 aromatic carbocycles. The lowest BCUT2D eigenvalue weighted by Crippen LogP contribution is -2.48. The van der Waals surface area contributed by atoms with Crippen molar-refractivity contribution in [2.75, 3.05) is 26.3 Å². The Morgan fingerprint density at radius 1 is 1.38 bits per heavy atom. The van der Waals surface area contributed by atoms with Gasteiger partial charge >= 0.3 is 0 Å². The molecule has 1 amide bonds. The molecule has 114 valence electrons. The number of rotatable bonds is 4. The van der Waals surface area contributed by atoms with E-state index in [2.05, 4.69) is 29.6 Å². The van der Waals surface area contributed by atoms with Crippen LogP contribution >= 0.6 is 0 Å². The van der Waals surface area contributed by atoms with Crippen LogP contribution in [0.1, 0.15) is 24.5 Å². The second-order valence-corrected chi connectivity index (χ2v) is 6.00. The van der Waals surface area contributed by atoms with Crippen LogP contribution < -0.4 is 5.32 Å². The number of nitrogens with one attached hydrogen (secondary N) is 1. The first-order valence-corrected chi connectivity index (χ1v) is 7.94. The van der Waals surface area contributed by atoms with Crippen molar-refractivity contribution in [1.82, 2.24) is 10.2 Å². The lowest BCUT2D eigenvalue weighted by Gasteiger charge is -2.29. The van der Waals surface area contributed by atoms with E-state index in [1.807, 2.05) is 11.8 Å². The molecule has 0 aromatic heterocycles. The van der Waals surface area contributed by atoms with Crippen LogP contribution in [0.4, 0.5) is 0 Å². The Labute approximate surface area is 126 Å². The third-order valence-corrected chi connectivity index (χ3v) is 4.53. The minimum atomic E-state index is -0.0641. The third-order valence-electron chi connectivity index (χ3n) is 4.53. The Kier molecular flexibility index (Phi) is 4.56. The summed E-state index contributed by atoms with van der Waals surface area (Å²) in [4.78, 5) is 14.7. The fourth-order valence-electron chi connectivity index (χ4n) is 3.30. The van der Waals surface area contributed by atoms with Crippen LogP contribution in [0, 0.1) is 5.92 Å². The molecule has 2 aliphatic heterocycles. The summed E-state index contributed by atoms with van der Waals surface area (Å²) in [5, 5.41) is 3.39. The number of likely N-dealkylation sites (tertiary alicyclic amines) is 1. The molecule has 2 heterocycles. The molecule has 4 nitrogen and oxygen atoms in total. The van der Waals surface area contributed by atoms with E-state index in [1.165, 1.54) is 11.1 Å². The first kappa shape index (κ1) is 14.5. The normalized spacial score (nSPS) is 24.9. The summed E-state index contributed by atoms with van der Waals surface area (Å²) in [6.45, 7) is 6.06. The van der Waals surface area contributed by atoms with E-state index in [9.17, 15) is 4.79 Å². The minimum absolute atomic E-state index is 0.0641. The van der Waals surface area contributed by atoms with Gasteiger partial charge in [-0.1, -0.05) is 24.3 Å². The molecule has 1 fully saturated rings. The zero-order valence-electron chi connectivity index (χ0n) is 12.7. The van der Waals surface area contributed by atoms with E-state index in [-0.39, 0.29) is 11.9 Å². The molecule has 21 heavy (non-hydrogen) atoms. The molecule has 3 rings (SSSR count). The molecule has 0 unspecified atom stereocenters. The van der Waals surface area contributed by atoms with E-state index >= 15 is 0 Å². The summed E-state index contributed by atoms with van der Waals surface area (Å²) in [7, 11) is 0. The number of amides is 1. The second kappa shape index (κ2) is 6.58. The van der Waals surface area contributed by atoms with E-state index in [0.29, 0.717) is 5.92 Å². The molecule has 0 spiro atoms.